The zero-order chi connectivity index (χ0) is 10.4. The monoisotopic (exact) mass is 208 g/mol. The molecule has 3 nitrogen and oxygen atoms in total. The van der Waals surface area contributed by atoms with Crippen LogP contribution in [0.2, 0.25) is 0 Å². The highest BCUT2D eigenvalue weighted by Crippen LogP contribution is 2.35. The van der Waals surface area contributed by atoms with Gasteiger partial charge < -0.3 is 10.2 Å². The van der Waals surface area contributed by atoms with E-state index in [0.29, 0.717) is 29.8 Å². The molecule has 4 unspecified atom stereocenters. The molecule has 3 heteroatoms. The third kappa shape index (κ3) is 1.57. The van der Waals surface area contributed by atoms with E-state index < -0.39 is 0 Å². The normalized spacial score (nSPS) is 43.9. The molecule has 0 radical (unpaired) electrons. The Morgan fingerprint density at radius 3 is 2.73 bits per heavy atom. The Hall–Kier alpha value is -0.570. The van der Waals surface area contributed by atoms with Gasteiger partial charge >= 0.3 is 0 Å². The van der Waals surface area contributed by atoms with Crippen molar-refractivity contribution in [2.24, 2.45) is 11.8 Å². The molecular formula is C12H20N2O. The van der Waals surface area contributed by atoms with Gasteiger partial charge in [0.1, 0.15) is 0 Å². The van der Waals surface area contributed by atoms with Gasteiger partial charge in [-0.1, -0.05) is 6.92 Å². The van der Waals surface area contributed by atoms with Gasteiger partial charge in [0.05, 0.1) is 5.92 Å². The molecule has 15 heavy (non-hydrogen) atoms. The topological polar surface area (TPSA) is 32.3 Å². The Morgan fingerprint density at radius 1 is 1.33 bits per heavy atom. The molecule has 4 atom stereocenters. The summed E-state index contributed by atoms with van der Waals surface area (Å²) < 4.78 is 0. The van der Waals surface area contributed by atoms with Gasteiger partial charge in [0.2, 0.25) is 5.91 Å². The number of hydrogen-bond donors (Lipinski definition) is 1. The lowest BCUT2D eigenvalue weighted by Gasteiger charge is -2.25. The lowest BCUT2D eigenvalue weighted by molar-refractivity contribution is -0.135. The molecule has 3 aliphatic rings. The van der Waals surface area contributed by atoms with E-state index in [1.807, 2.05) is 0 Å². The maximum absolute atomic E-state index is 12.3. The van der Waals surface area contributed by atoms with Crippen LogP contribution in [0.15, 0.2) is 0 Å². The Bertz CT molecular complexity index is 279. The number of carbonyl (C=O) groups is 1. The molecule has 3 heterocycles. The lowest BCUT2D eigenvalue weighted by Crippen LogP contribution is -2.39. The second-order valence-corrected chi connectivity index (χ2v) is 5.57. The van der Waals surface area contributed by atoms with Gasteiger partial charge in [-0.3, -0.25) is 4.79 Å². The summed E-state index contributed by atoms with van der Waals surface area (Å²) in [5.74, 6) is 1.44. The van der Waals surface area contributed by atoms with Gasteiger partial charge in [-0.2, -0.15) is 0 Å². The number of rotatable bonds is 1. The van der Waals surface area contributed by atoms with Gasteiger partial charge in [-0.25, -0.2) is 0 Å². The van der Waals surface area contributed by atoms with Gasteiger partial charge in [0.15, 0.2) is 0 Å². The molecule has 3 aliphatic heterocycles. The largest absolute Gasteiger partial charge is 0.342 e. The van der Waals surface area contributed by atoms with E-state index in [4.69, 9.17) is 0 Å². The molecule has 84 valence electrons. The van der Waals surface area contributed by atoms with E-state index in [-0.39, 0.29) is 0 Å². The summed E-state index contributed by atoms with van der Waals surface area (Å²) in [5, 5.41) is 3.55. The quantitative estimate of drug-likeness (QED) is 0.697. The highest BCUT2D eigenvalue weighted by atomic mass is 16.2. The van der Waals surface area contributed by atoms with Crippen molar-refractivity contribution in [1.29, 1.82) is 0 Å². The SMILES string of the molecule is CC1CCN(C(=O)C2CC3CCC2N3)C1. The maximum atomic E-state index is 12.3. The number of likely N-dealkylation sites (tertiary alicyclic amines) is 1. The molecule has 0 saturated carbocycles. The second-order valence-electron chi connectivity index (χ2n) is 5.57. The predicted octanol–water partition coefficient (Wildman–Crippen LogP) is 0.995. The first kappa shape index (κ1) is 9.64. The van der Waals surface area contributed by atoms with Crippen LogP contribution in [0.25, 0.3) is 0 Å². The van der Waals surface area contributed by atoms with Crippen molar-refractivity contribution in [3.05, 3.63) is 0 Å². The number of nitrogens with zero attached hydrogens (tertiary/aromatic N) is 1. The fourth-order valence-electron chi connectivity index (χ4n) is 3.47. The first-order valence-corrected chi connectivity index (χ1v) is 6.29. The van der Waals surface area contributed by atoms with Gasteiger partial charge in [-0.05, 0) is 31.6 Å². The standard InChI is InChI=1S/C12H20N2O/c1-8-4-5-14(7-8)12(15)10-6-9-2-3-11(10)13-9/h8-11,13H,2-7H2,1H3. The molecule has 2 bridgehead atoms. The van der Waals surface area contributed by atoms with Crippen molar-refractivity contribution in [3.63, 3.8) is 0 Å². The Kier molecular flexibility index (Phi) is 2.23. The number of nitrogens with one attached hydrogen (secondary N) is 1. The van der Waals surface area contributed by atoms with Crippen molar-refractivity contribution in [2.45, 2.75) is 44.7 Å². The smallest absolute Gasteiger partial charge is 0.227 e. The van der Waals surface area contributed by atoms with Crippen LogP contribution in [0, 0.1) is 11.8 Å². The molecule has 3 fully saturated rings. The molecule has 0 aromatic heterocycles. The molecule has 3 rings (SSSR count). The fourth-order valence-corrected chi connectivity index (χ4v) is 3.47. The zero-order valence-corrected chi connectivity index (χ0v) is 9.41. The Labute approximate surface area is 91.2 Å². The highest BCUT2D eigenvalue weighted by molar-refractivity contribution is 5.80. The van der Waals surface area contributed by atoms with E-state index in [1.54, 1.807) is 0 Å². The minimum atomic E-state index is 0.300. The first-order valence-electron chi connectivity index (χ1n) is 6.29. The minimum Gasteiger partial charge on any atom is -0.342 e. The minimum absolute atomic E-state index is 0.300. The third-order valence-corrected chi connectivity index (χ3v) is 4.35. The fraction of sp³-hybridized carbons (Fsp3) is 0.917. The number of amides is 1. The van der Waals surface area contributed by atoms with E-state index in [0.717, 1.165) is 19.5 Å². The molecule has 0 aliphatic carbocycles. The summed E-state index contributed by atoms with van der Waals surface area (Å²) in [7, 11) is 0. The maximum Gasteiger partial charge on any atom is 0.227 e. The predicted molar refractivity (Wildman–Crippen MR) is 58.4 cm³/mol. The van der Waals surface area contributed by atoms with Crippen molar-refractivity contribution in [2.75, 3.05) is 13.1 Å². The Morgan fingerprint density at radius 2 is 2.20 bits per heavy atom. The summed E-state index contributed by atoms with van der Waals surface area (Å²) >= 11 is 0. The molecule has 0 aromatic carbocycles. The van der Waals surface area contributed by atoms with Gasteiger partial charge in [0, 0.05) is 25.2 Å². The zero-order valence-electron chi connectivity index (χ0n) is 9.41. The number of carbonyl (C=O) groups excluding carboxylic acids is 1. The average molecular weight is 208 g/mol. The van der Waals surface area contributed by atoms with Crippen LogP contribution in [0.1, 0.15) is 32.6 Å². The van der Waals surface area contributed by atoms with Crippen LogP contribution in [0.5, 0.6) is 0 Å². The first-order chi connectivity index (χ1) is 7.24. The average Bonchev–Trinajstić information content (AvgIpc) is 2.90. The van der Waals surface area contributed by atoms with Crippen LogP contribution < -0.4 is 5.32 Å². The van der Waals surface area contributed by atoms with Crippen LogP contribution in [-0.4, -0.2) is 36.0 Å². The summed E-state index contributed by atoms with van der Waals surface area (Å²) in [6, 6.07) is 1.14. The molecule has 3 saturated heterocycles. The third-order valence-electron chi connectivity index (χ3n) is 4.35. The molecule has 0 spiro atoms. The number of hydrogen-bond acceptors (Lipinski definition) is 2. The van der Waals surface area contributed by atoms with E-state index >= 15 is 0 Å². The molecular weight excluding hydrogens is 188 g/mol. The summed E-state index contributed by atoms with van der Waals surface area (Å²) in [5.41, 5.74) is 0. The Balaban J connectivity index is 1.65. The van der Waals surface area contributed by atoms with E-state index in [1.165, 1.54) is 19.3 Å². The summed E-state index contributed by atoms with van der Waals surface area (Å²) in [6.45, 7) is 4.23. The summed E-state index contributed by atoms with van der Waals surface area (Å²) in [6.07, 6.45) is 4.78. The van der Waals surface area contributed by atoms with E-state index in [9.17, 15) is 4.79 Å². The van der Waals surface area contributed by atoms with Gasteiger partial charge in [-0.15, -0.1) is 0 Å². The van der Waals surface area contributed by atoms with Crippen molar-refractivity contribution in [3.8, 4) is 0 Å². The molecule has 0 aromatic rings. The van der Waals surface area contributed by atoms with Crippen LogP contribution in [-0.2, 0) is 4.79 Å². The number of fused-ring (bicyclic) bond motifs is 2. The van der Waals surface area contributed by atoms with Crippen LogP contribution >= 0.6 is 0 Å². The second kappa shape index (κ2) is 3.48. The summed E-state index contributed by atoms with van der Waals surface area (Å²) in [4.78, 5) is 14.4. The van der Waals surface area contributed by atoms with Crippen LogP contribution in [0.4, 0.5) is 0 Å². The van der Waals surface area contributed by atoms with Crippen LogP contribution in [0.3, 0.4) is 0 Å². The van der Waals surface area contributed by atoms with Crippen molar-refractivity contribution < 1.29 is 4.79 Å². The molecule has 1 amide bonds. The lowest BCUT2D eigenvalue weighted by atomic mass is 9.88. The van der Waals surface area contributed by atoms with Gasteiger partial charge in [0.25, 0.3) is 0 Å². The van der Waals surface area contributed by atoms with Crippen molar-refractivity contribution >= 4 is 5.91 Å². The molecule has 1 N–H and O–H groups in total. The van der Waals surface area contributed by atoms with Crippen molar-refractivity contribution in [1.82, 2.24) is 10.2 Å². The highest BCUT2D eigenvalue weighted by Gasteiger charge is 2.44. The van der Waals surface area contributed by atoms with E-state index in [2.05, 4.69) is 17.1 Å².